The quantitative estimate of drug-likeness (QED) is 0.401. The number of halogens is 3. The summed E-state index contributed by atoms with van der Waals surface area (Å²) in [6.07, 6.45) is 3.14. The summed E-state index contributed by atoms with van der Waals surface area (Å²) in [5, 5.41) is 11.9. The number of rotatable bonds is 7. The van der Waals surface area contributed by atoms with E-state index in [0.29, 0.717) is 16.3 Å². The molecule has 2 heterocycles. The molecule has 2 aromatic carbocycles. The Bertz CT molecular complexity index is 1270. The minimum absolute atomic E-state index is 0.119. The Morgan fingerprint density at radius 1 is 1.12 bits per heavy atom. The van der Waals surface area contributed by atoms with Gasteiger partial charge in [0, 0.05) is 23.0 Å². The average molecular weight is 474 g/mol. The number of nitrogens with zero attached hydrogens (tertiary/aromatic N) is 4. The van der Waals surface area contributed by atoms with E-state index in [1.54, 1.807) is 48.7 Å². The number of aromatic nitrogens is 4. The Balaban J connectivity index is 1.39. The summed E-state index contributed by atoms with van der Waals surface area (Å²) < 4.78 is 22.5. The summed E-state index contributed by atoms with van der Waals surface area (Å²) in [6, 6.07) is 13.2. The lowest BCUT2D eigenvalue weighted by Crippen LogP contribution is -2.15. The van der Waals surface area contributed by atoms with Gasteiger partial charge in [-0.2, -0.15) is 10.2 Å². The molecule has 0 aliphatic rings. The molecule has 0 atom stereocenters. The number of carbonyl (C=O) groups is 1. The number of hydrogen-bond donors (Lipinski definition) is 1. The van der Waals surface area contributed by atoms with Crippen LogP contribution in [0.15, 0.2) is 60.9 Å². The van der Waals surface area contributed by atoms with Gasteiger partial charge < -0.3 is 10.1 Å². The van der Waals surface area contributed by atoms with Gasteiger partial charge in [0.25, 0.3) is 5.91 Å². The van der Waals surface area contributed by atoms with Crippen molar-refractivity contribution in [3.05, 3.63) is 93.6 Å². The lowest BCUT2D eigenvalue weighted by Gasteiger charge is -2.09. The fraction of sp³-hybridized carbons (Fsp3) is 0.136. The fourth-order valence-electron chi connectivity index (χ4n) is 3.00. The Morgan fingerprint density at radius 2 is 1.94 bits per heavy atom. The smallest absolute Gasteiger partial charge is 0.277 e. The van der Waals surface area contributed by atoms with Crippen LogP contribution < -0.4 is 10.1 Å². The molecule has 0 saturated carbocycles. The van der Waals surface area contributed by atoms with E-state index < -0.39 is 5.91 Å². The van der Waals surface area contributed by atoms with Crippen LogP contribution in [0.3, 0.4) is 0 Å². The molecule has 32 heavy (non-hydrogen) atoms. The standard InChI is InChI=1S/C22H18Cl2FN5O2/c1-14-10-16(23)6-7-20(14)32-13-29-9-8-19(27-29)22(31)26-21-17(24)12-30(28-21)11-15-4-2-3-5-18(15)25/h2-10,12H,11,13H2,1H3,(H,26,28,31). The van der Waals surface area contributed by atoms with Gasteiger partial charge in [0.2, 0.25) is 0 Å². The zero-order valence-corrected chi connectivity index (χ0v) is 18.4. The van der Waals surface area contributed by atoms with E-state index in [1.165, 1.54) is 21.6 Å². The molecular formula is C22H18Cl2FN5O2. The minimum atomic E-state index is -0.482. The fourth-order valence-corrected chi connectivity index (χ4v) is 3.42. The predicted molar refractivity (Wildman–Crippen MR) is 120 cm³/mol. The first kappa shape index (κ1) is 21.9. The van der Waals surface area contributed by atoms with Crippen molar-refractivity contribution < 1.29 is 13.9 Å². The molecule has 4 rings (SSSR count). The summed E-state index contributed by atoms with van der Waals surface area (Å²) in [6.45, 7) is 2.18. The molecule has 4 aromatic rings. The molecule has 7 nitrogen and oxygen atoms in total. The van der Waals surface area contributed by atoms with Gasteiger partial charge >= 0.3 is 0 Å². The molecule has 0 spiro atoms. The Morgan fingerprint density at radius 3 is 2.72 bits per heavy atom. The zero-order valence-electron chi connectivity index (χ0n) is 16.9. The third-order valence-corrected chi connectivity index (χ3v) is 5.11. The molecule has 0 aliphatic heterocycles. The van der Waals surface area contributed by atoms with Gasteiger partial charge in [-0.1, -0.05) is 41.4 Å². The van der Waals surface area contributed by atoms with E-state index in [2.05, 4.69) is 15.5 Å². The van der Waals surface area contributed by atoms with E-state index in [0.717, 1.165) is 5.56 Å². The molecule has 0 radical (unpaired) electrons. The van der Waals surface area contributed by atoms with Crippen LogP contribution in [0.5, 0.6) is 5.75 Å². The summed E-state index contributed by atoms with van der Waals surface area (Å²) in [5.74, 6) is 0.00870. The van der Waals surface area contributed by atoms with Crippen molar-refractivity contribution in [1.82, 2.24) is 19.6 Å². The van der Waals surface area contributed by atoms with Crippen LogP contribution in [0.4, 0.5) is 10.2 Å². The number of hydrogen-bond acceptors (Lipinski definition) is 4. The van der Waals surface area contributed by atoms with Gasteiger partial charge in [0.15, 0.2) is 18.2 Å². The number of carbonyl (C=O) groups excluding carboxylic acids is 1. The SMILES string of the molecule is Cc1cc(Cl)ccc1OCn1ccc(C(=O)Nc2nn(Cc3ccccc3F)cc2Cl)n1. The van der Waals surface area contributed by atoms with Crippen molar-refractivity contribution in [3.8, 4) is 5.75 Å². The molecule has 1 N–H and O–H groups in total. The second-order valence-corrected chi connectivity index (χ2v) is 7.84. The average Bonchev–Trinajstić information content (AvgIpc) is 3.36. The molecule has 10 heteroatoms. The lowest BCUT2D eigenvalue weighted by molar-refractivity contribution is 0.101. The summed E-state index contributed by atoms with van der Waals surface area (Å²) in [7, 11) is 0. The van der Waals surface area contributed by atoms with Crippen molar-refractivity contribution in [1.29, 1.82) is 0 Å². The van der Waals surface area contributed by atoms with Crippen molar-refractivity contribution in [2.24, 2.45) is 0 Å². The monoisotopic (exact) mass is 473 g/mol. The third-order valence-electron chi connectivity index (χ3n) is 4.60. The topological polar surface area (TPSA) is 74.0 Å². The molecule has 2 aromatic heterocycles. The number of amides is 1. The summed E-state index contributed by atoms with van der Waals surface area (Å²) >= 11 is 12.1. The van der Waals surface area contributed by atoms with Gasteiger partial charge in [-0.05, 0) is 42.8 Å². The maximum Gasteiger partial charge on any atom is 0.277 e. The minimum Gasteiger partial charge on any atom is -0.471 e. The molecule has 0 unspecified atom stereocenters. The van der Waals surface area contributed by atoms with Crippen LogP contribution in [0.2, 0.25) is 10.0 Å². The van der Waals surface area contributed by atoms with E-state index in [1.807, 2.05) is 6.92 Å². The molecule has 164 valence electrons. The Hall–Kier alpha value is -3.36. The summed E-state index contributed by atoms with van der Waals surface area (Å²) in [4.78, 5) is 12.6. The van der Waals surface area contributed by atoms with Gasteiger partial charge in [0.05, 0.1) is 6.54 Å². The Kier molecular flexibility index (Phi) is 6.43. The maximum atomic E-state index is 13.9. The van der Waals surface area contributed by atoms with E-state index >= 15 is 0 Å². The highest BCUT2D eigenvalue weighted by Crippen LogP contribution is 2.23. The second-order valence-electron chi connectivity index (χ2n) is 6.99. The first-order valence-electron chi connectivity index (χ1n) is 9.59. The number of aryl methyl sites for hydroxylation is 1. The highest BCUT2D eigenvalue weighted by atomic mass is 35.5. The maximum absolute atomic E-state index is 13.9. The van der Waals surface area contributed by atoms with Crippen LogP contribution in [-0.4, -0.2) is 25.5 Å². The largest absolute Gasteiger partial charge is 0.471 e. The second kappa shape index (κ2) is 9.42. The number of anilines is 1. The first-order valence-corrected chi connectivity index (χ1v) is 10.3. The predicted octanol–water partition coefficient (Wildman–Crippen LogP) is 5.17. The highest BCUT2D eigenvalue weighted by Gasteiger charge is 2.15. The third kappa shape index (κ3) is 5.09. The normalized spacial score (nSPS) is 10.9. The highest BCUT2D eigenvalue weighted by molar-refractivity contribution is 6.33. The summed E-state index contributed by atoms with van der Waals surface area (Å²) in [5.41, 5.74) is 1.52. The molecule has 0 bridgehead atoms. The van der Waals surface area contributed by atoms with Gasteiger partial charge in [-0.15, -0.1) is 0 Å². The van der Waals surface area contributed by atoms with Gasteiger partial charge in [-0.25, -0.2) is 9.07 Å². The van der Waals surface area contributed by atoms with Crippen LogP contribution in [-0.2, 0) is 13.3 Å². The Labute approximate surface area is 193 Å². The van der Waals surface area contributed by atoms with Crippen molar-refractivity contribution in [2.75, 3.05) is 5.32 Å². The van der Waals surface area contributed by atoms with Crippen LogP contribution in [0.25, 0.3) is 0 Å². The molecule has 0 saturated heterocycles. The molecule has 0 fully saturated rings. The van der Waals surface area contributed by atoms with Crippen LogP contribution >= 0.6 is 23.2 Å². The van der Waals surface area contributed by atoms with Crippen molar-refractivity contribution in [2.45, 2.75) is 20.2 Å². The van der Waals surface area contributed by atoms with Crippen LogP contribution in [0.1, 0.15) is 21.6 Å². The zero-order chi connectivity index (χ0) is 22.7. The first-order chi connectivity index (χ1) is 15.4. The number of ether oxygens (including phenoxy) is 1. The van der Waals surface area contributed by atoms with Gasteiger partial charge in [-0.3, -0.25) is 9.48 Å². The van der Waals surface area contributed by atoms with Crippen LogP contribution in [0, 0.1) is 12.7 Å². The molecular weight excluding hydrogens is 456 g/mol. The molecule has 1 amide bonds. The van der Waals surface area contributed by atoms with Gasteiger partial charge in [0.1, 0.15) is 16.6 Å². The van der Waals surface area contributed by atoms with E-state index in [-0.39, 0.29) is 35.6 Å². The van der Waals surface area contributed by atoms with Crippen molar-refractivity contribution in [3.63, 3.8) is 0 Å². The number of benzene rings is 2. The lowest BCUT2D eigenvalue weighted by atomic mass is 10.2. The number of nitrogens with one attached hydrogen (secondary N) is 1. The van der Waals surface area contributed by atoms with E-state index in [9.17, 15) is 9.18 Å². The molecule has 0 aliphatic carbocycles. The van der Waals surface area contributed by atoms with Crippen molar-refractivity contribution >= 4 is 34.9 Å². The van der Waals surface area contributed by atoms with E-state index in [4.69, 9.17) is 27.9 Å².